The fraction of sp³-hybridized carbons (Fsp3) is 0.333. The van der Waals surface area contributed by atoms with Crippen molar-refractivity contribution in [1.29, 1.82) is 0 Å². The highest BCUT2D eigenvalue weighted by Crippen LogP contribution is 2.33. The van der Waals surface area contributed by atoms with Gasteiger partial charge in [0.15, 0.2) is 17.3 Å². The van der Waals surface area contributed by atoms with Crippen molar-refractivity contribution in [3.8, 4) is 11.5 Å². The average molecular weight is 404 g/mol. The lowest BCUT2D eigenvalue weighted by Crippen LogP contribution is -2.40. The number of carbonyl (C=O) groups excluding carboxylic acids is 2. The van der Waals surface area contributed by atoms with Crippen LogP contribution >= 0.6 is 11.6 Å². The zero-order valence-corrected chi connectivity index (χ0v) is 15.9. The van der Waals surface area contributed by atoms with Crippen LogP contribution < -0.4 is 9.47 Å². The van der Waals surface area contributed by atoms with Gasteiger partial charge in [-0.25, -0.2) is 4.39 Å². The molecule has 0 radical (unpaired) electrons. The Morgan fingerprint density at radius 2 is 1.71 bits per heavy atom. The Bertz CT molecular complexity index is 925. The number of likely N-dealkylation sites (tertiary alicyclic amines) is 1. The smallest absolute Gasteiger partial charge is 0.255 e. The summed E-state index contributed by atoms with van der Waals surface area (Å²) < 4.78 is 24.2. The summed E-state index contributed by atoms with van der Waals surface area (Å²) in [6.07, 6.45) is 1.13. The summed E-state index contributed by atoms with van der Waals surface area (Å²) in [6.45, 7) is 1.88. The van der Waals surface area contributed by atoms with Crippen LogP contribution in [0.4, 0.5) is 4.39 Å². The van der Waals surface area contributed by atoms with Crippen molar-refractivity contribution >= 4 is 23.3 Å². The second-order valence-corrected chi connectivity index (χ2v) is 7.32. The van der Waals surface area contributed by atoms with Crippen LogP contribution in [0.3, 0.4) is 0 Å². The van der Waals surface area contributed by atoms with Crippen LogP contribution in [-0.4, -0.2) is 42.9 Å². The summed E-state index contributed by atoms with van der Waals surface area (Å²) in [6, 6.07) is 8.99. The number of halogens is 2. The molecular formula is C21H19ClFNO4. The number of nitrogens with zero attached hydrogens (tertiary/aromatic N) is 1. The van der Waals surface area contributed by atoms with E-state index in [0.717, 1.165) is 6.07 Å². The first-order valence-electron chi connectivity index (χ1n) is 9.21. The van der Waals surface area contributed by atoms with Crippen LogP contribution in [0.25, 0.3) is 0 Å². The Labute approximate surface area is 167 Å². The molecule has 5 nitrogen and oxygen atoms in total. The molecule has 7 heteroatoms. The van der Waals surface area contributed by atoms with Crippen molar-refractivity contribution in [2.24, 2.45) is 5.92 Å². The van der Waals surface area contributed by atoms with Crippen LogP contribution in [0.2, 0.25) is 5.02 Å². The van der Waals surface area contributed by atoms with Crippen LogP contribution in [0.15, 0.2) is 36.4 Å². The lowest BCUT2D eigenvalue weighted by molar-refractivity contribution is 0.0650. The maximum Gasteiger partial charge on any atom is 0.255 e. The number of fused-ring (bicyclic) bond motifs is 1. The number of hydrogen-bond donors (Lipinski definition) is 0. The van der Waals surface area contributed by atoms with Crippen LogP contribution in [-0.2, 0) is 0 Å². The molecule has 0 bridgehead atoms. The molecule has 2 heterocycles. The lowest BCUT2D eigenvalue weighted by atomic mass is 9.88. The summed E-state index contributed by atoms with van der Waals surface area (Å²) in [4.78, 5) is 27.2. The highest BCUT2D eigenvalue weighted by molar-refractivity contribution is 6.33. The van der Waals surface area contributed by atoms with E-state index < -0.39 is 5.82 Å². The average Bonchev–Trinajstić information content (AvgIpc) is 2.72. The molecule has 1 saturated heterocycles. The summed E-state index contributed by atoms with van der Waals surface area (Å²) in [7, 11) is 0. The van der Waals surface area contributed by atoms with Gasteiger partial charge in [-0.05, 0) is 49.2 Å². The highest BCUT2D eigenvalue weighted by atomic mass is 35.5. The first-order chi connectivity index (χ1) is 13.5. The lowest BCUT2D eigenvalue weighted by Gasteiger charge is -2.31. The van der Waals surface area contributed by atoms with Gasteiger partial charge in [0.1, 0.15) is 19.0 Å². The van der Waals surface area contributed by atoms with Crippen molar-refractivity contribution in [1.82, 2.24) is 4.90 Å². The van der Waals surface area contributed by atoms with E-state index in [1.165, 1.54) is 12.1 Å². The second-order valence-electron chi connectivity index (χ2n) is 6.91. The number of benzene rings is 2. The Balaban J connectivity index is 1.41. The molecule has 146 valence electrons. The minimum absolute atomic E-state index is 0.0453. The SMILES string of the molecule is O=C(c1ccc2c(c1)OCCO2)C1CCN(C(=O)c2ccc(F)cc2Cl)CC1. The van der Waals surface area contributed by atoms with E-state index in [9.17, 15) is 14.0 Å². The molecular weight excluding hydrogens is 385 g/mol. The van der Waals surface area contributed by atoms with Gasteiger partial charge in [0.25, 0.3) is 5.91 Å². The Kier molecular flexibility index (Phi) is 5.22. The third-order valence-electron chi connectivity index (χ3n) is 5.14. The fourth-order valence-electron chi connectivity index (χ4n) is 3.61. The Hall–Kier alpha value is -2.60. The Morgan fingerprint density at radius 3 is 2.43 bits per heavy atom. The molecule has 2 aromatic carbocycles. The third kappa shape index (κ3) is 3.69. The van der Waals surface area contributed by atoms with Crippen LogP contribution in [0.1, 0.15) is 33.6 Å². The quantitative estimate of drug-likeness (QED) is 0.727. The third-order valence-corrected chi connectivity index (χ3v) is 5.45. The van der Waals surface area contributed by atoms with E-state index in [2.05, 4.69) is 0 Å². The van der Waals surface area contributed by atoms with E-state index in [-0.39, 0.29) is 28.2 Å². The molecule has 1 amide bonds. The molecule has 2 aliphatic heterocycles. The van der Waals surface area contributed by atoms with Gasteiger partial charge in [-0.2, -0.15) is 0 Å². The zero-order valence-electron chi connectivity index (χ0n) is 15.1. The summed E-state index contributed by atoms with van der Waals surface area (Å²) in [5.74, 6) is 0.412. The minimum Gasteiger partial charge on any atom is -0.486 e. The van der Waals surface area contributed by atoms with Gasteiger partial charge in [-0.15, -0.1) is 0 Å². The molecule has 2 aliphatic rings. The number of hydrogen-bond acceptors (Lipinski definition) is 4. The van der Waals surface area contributed by atoms with Gasteiger partial charge in [0, 0.05) is 24.6 Å². The van der Waals surface area contributed by atoms with Gasteiger partial charge >= 0.3 is 0 Å². The second kappa shape index (κ2) is 7.80. The van der Waals surface area contributed by atoms with Gasteiger partial charge in [0.2, 0.25) is 0 Å². The van der Waals surface area contributed by atoms with Crippen LogP contribution in [0, 0.1) is 11.7 Å². The highest BCUT2D eigenvalue weighted by Gasteiger charge is 2.29. The molecule has 0 saturated carbocycles. The van der Waals surface area contributed by atoms with Crippen molar-refractivity contribution < 1.29 is 23.5 Å². The maximum atomic E-state index is 13.2. The number of carbonyl (C=O) groups is 2. The number of Topliss-reactive ketones (excluding diaryl/α,β-unsaturated/α-hetero) is 1. The topological polar surface area (TPSA) is 55.8 Å². The number of piperidine rings is 1. The Morgan fingerprint density at radius 1 is 1.00 bits per heavy atom. The normalized spacial score (nSPS) is 16.7. The molecule has 28 heavy (non-hydrogen) atoms. The first kappa shape index (κ1) is 18.7. The van der Waals surface area contributed by atoms with Gasteiger partial charge in [0.05, 0.1) is 10.6 Å². The van der Waals surface area contributed by atoms with E-state index >= 15 is 0 Å². The molecule has 2 aromatic rings. The number of rotatable bonds is 3. The molecule has 0 atom stereocenters. The number of ketones is 1. The molecule has 0 unspecified atom stereocenters. The van der Waals surface area contributed by atoms with Crippen molar-refractivity contribution in [3.05, 3.63) is 58.4 Å². The van der Waals surface area contributed by atoms with E-state index in [4.69, 9.17) is 21.1 Å². The minimum atomic E-state index is -0.481. The van der Waals surface area contributed by atoms with Gasteiger partial charge < -0.3 is 14.4 Å². The predicted molar refractivity (Wildman–Crippen MR) is 102 cm³/mol. The molecule has 0 N–H and O–H groups in total. The summed E-state index contributed by atoms with van der Waals surface area (Å²) >= 11 is 6.00. The van der Waals surface area contributed by atoms with Crippen molar-refractivity contribution in [2.75, 3.05) is 26.3 Å². The van der Waals surface area contributed by atoms with E-state index in [1.807, 2.05) is 0 Å². The molecule has 1 fully saturated rings. The number of ether oxygens (including phenoxy) is 2. The number of amides is 1. The van der Waals surface area contributed by atoms with E-state index in [1.54, 1.807) is 23.1 Å². The van der Waals surface area contributed by atoms with Crippen LogP contribution in [0.5, 0.6) is 11.5 Å². The largest absolute Gasteiger partial charge is 0.486 e. The monoisotopic (exact) mass is 403 g/mol. The standard InChI is InChI=1S/C21H19ClFNO4/c22-17-12-15(23)2-3-16(17)21(26)24-7-5-13(6-8-24)20(25)14-1-4-18-19(11-14)28-10-9-27-18/h1-4,11-13H,5-10H2. The molecule has 4 rings (SSSR count). The molecule has 0 aliphatic carbocycles. The molecule has 0 aromatic heterocycles. The fourth-order valence-corrected chi connectivity index (χ4v) is 3.86. The zero-order chi connectivity index (χ0) is 19.7. The van der Waals surface area contributed by atoms with Crippen molar-refractivity contribution in [3.63, 3.8) is 0 Å². The molecule has 0 spiro atoms. The predicted octanol–water partition coefficient (Wildman–Crippen LogP) is 3.99. The van der Waals surface area contributed by atoms with Gasteiger partial charge in [-0.3, -0.25) is 9.59 Å². The first-order valence-corrected chi connectivity index (χ1v) is 9.59. The van der Waals surface area contributed by atoms with Crippen molar-refractivity contribution in [2.45, 2.75) is 12.8 Å². The summed E-state index contributed by atoms with van der Waals surface area (Å²) in [5, 5.41) is 0.0967. The van der Waals surface area contributed by atoms with Gasteiger partial charge in [-0.1, -0.05) is 11.6 Å². The maximum absolute atomic E-state index is 13.2. The summed E-state index contributed by atoms with van der Waals surface area (Å²) in [5.41, 5.74) is 0.871. The van der Waals surface area contributed by atoms with E-state index in [0.29, 0.717) is 56.2 Å².